The molecule has 0 aliphatic heterocycles. The van der Waals surface area contributed by atoms with E-state index in [2.05, 4.69) is 447 Å². The van der Waals surface area contributed by atoms with E-state index in [4.69, 9.17) is 27.2 Å². The van der Waals surface area contributed by atoms with Crippen molar-refractivity contribution in [3.63, 3.8) is 0 Å². The molecule has 0 N–H and O–H groups in total. The zero-order valence-electron chi connectivity index (χ0n) is 76.4. The lowest BCUT2D eigenvalue weighted by Gasteiger charge is -2.43. The normalized spacial score (nSPS) is 12.3. The number of aldehydes is 2. The fourth-order valence-electron chi connectivity index (χ4n) is 17.5. The predicted octanol–water partition coefficient (Wildman–Crippen LogP) is 24.3. The van der Waals surface area contributed by atoms with E-state index in [1.807, 2.05) is 24.3 Å². The molecule has 0 radical (unpaired) electrons. The minimum Gasteiger partial charge on any atom is -0.493 e. The third-order valence-corrected chi connectivity index (χ3v) is 45.5. The van der Waals surface area contributed by atoms with Gasteiger partial charge in [0.15, 0.2) is 12.6 Å². The molecule has 0 atom stereocenters. The zero-order chi connectivity index (χ0) is 90.1. The van der Waals surface area contributed by atoms with Crippen LogP contribution in [0.25, 0.3) is 24.3 Å². The highest BCUT2D eigenvalue weighted by atomic mass is 128. The van der Waals surface area contributed by atoms with Crippen LogP contribution >= 0.6 is 59.9 Å². The molecule has 12 rings (SSSR count). The van der Waals surface area contributed by atoms with Crippen LogP contribution in [0.2, 0.25) is 20.2 Å². The summed E-state index contributed by atoms with van der Waals surface area (Å²) in [6, 6.07) is 108. The summed E-state index contributed by atoms with van der Waals surface area (Å²) in [6.45, 7) is 39.3. The molecular weight excluding hydrogens is 1880 g/mol. The summed E-state index contributed by atoms with van der Waals surface area (Å²) < 4.78 is 42.5. The molecule has 2 heterocycles. The van der Waals surface area contributed by atoms with Crippen LogP contribution in [0.4, 0.5) is 11.4 Å². The highest BCUT2D eigenvalue weighted by molar-refractivity contribution is 15.0. The van der Waals surface area contributed by atoms with Crippen molar-refractivity contribution in [3.8, 4) is 11.5 Å². The van der Waals surface area contributed by atoms with E-state index in [1.165, 1.54) is 64.2 Å². The van der Waals surface area contributed by atoms with E-state index in [0.717, 1.165) is 121 Å². The zero-order valence-corrected chi connectivity index (χ0v) is 86.3. The lowest BCUT2D eigenvalue weighted by atomic mass is 10.1. The van der Waals surface area contributed by atoms with Gasteiger partial charge >= 0.3 is 0 Å². The number of nitrogens with zero attached hydrogens (tertiary/aromatic N) is 2. The molecule has 10 nitrogen and oxygen atoms in total. The number of hydrogen-bond donors (Lipinski definition) is 0. The van der Waals surface area contributed by atoms with E-state index >= 15 is 0 Å². The number of rotatable bonds is 42. The Hall–Kier alpha value is -8.21. The number of carbonyl (C=O) groups is 2. The van der Waals surface area contributed by atoms with E-state index < -0.39 is 33.3 Å². The monoisotopic (exact) mass is 2010 g/mol. The molecule has 662 valence electrons. The van der Waals surface area contributed by atoms with E-state index in [0.29, 0.717) is 49.4 Å². The summed E-state index contributed by atoms with van der Waals surface area (Å²) in [7, 11) is -10.6. The second-order valence-corrected chi connectivity index (χ2v) is 55.5. The Balaban J connectivity index is 0.000000258. The van der Waals surface area contributed by atoms with Crippen LogP contribution < -0.4 is 60.8 Å². The van der Waals surface area contributed by atoms with Gasteiger partial charge in [0, 0.05) is 121 Å². The third kappa shape index (κ3) is 25.3. The number of carbonyl (C=O) groups excluding carboxylic acids is 2. The summed E-state index contributed by atoms with van der Waals surface area (Å²) in [5.74, 6) is 1.68. The Labute approximate surface area is 789 Å². The lowest BCUT2D eigenvalue weighted by Crippen LogP contribution is -2.67. The van der Waals surface area contributed by atoms with Crippen molar-refractivity contribution in [3.05, 3.63) is 334 Å². The van der Waals surface area contributed by atoms with Crippen molar-refractivity contribution in [1.29, 1.82) is 0 Å². The Kier molecular flexibility index (Phi) is 38.4. The smallest absolute Gasteiger partial charge is 0.261 e. The van der Waals surface area contributed by atoms with Gasteiger partial charge in [-0.25, -0.2) is 0 Å². The molecule has 0 saturated heterocycles. The van der Waals surface area contributed by atoms with E-state index in [9.17, 15) is 9.59 Å². The van der Waals surface area contributed by atoms with Gasteiger partial charge < -0.3 is 37.0 Å². The molecule has 0 unspecified atom stereocenters. The predicted molar refractivity (Wildman–Crippen MR) is 567 cm³/mol. The lowest BCUT2D eigenvalue weighted by molar-refractivity contribution is 0.111. The molecule has 0 bridgehead atoms. The number of anilines is 2. The summed E-state index contributed by atoms with van der Waals surface area (Å²) in [6.07, 6.45) is 15.6. The summed E-state index contributed by atoms with van der Waals surface area (Å²) in [4.78, 5) is 31.2. The molecule has 0 aliphatic rings. The molecule has 0 amide bonds. The second-order valence-electron chi connectivity index (χ2n) is 36.0. The molecule has 12 aromatic rings. The van der Waals surface area contributed by atoms with Gasteiger partial charge in [0.25, 0.3) is 33.3 Å². The summed E-state index contributed by atoms with van der Waals surface area (Å²) in [5, 5.41) is 9.99. The third-order valence-electron chi connectivity index (χ3n) is 23.3. The first-order chi connectivity index (χ1) is 60.8. The van der Waals surface area contributed by atoms with Crippen LogP contribution in [0.15, 0.2) is 303 Å². The first-order valence-electron chi connectivity index (χ1n) is 44.5. The van der Waals surface area contributed by atoms with Gasteiger partial charge in [-0.2, -0.15) is 0 Å². The summed E-state index contributed by atoms with van der Waals surface area (Å²) in [5.41, 5.74) is 4.22. The van der Waals surface area contributed by atoms with Crippen molar-refractivity contribution < 1.29 is 36.8 Å². The van der Waals surface area contributed by atoms with Crippen LogP contribution in [0.3, 0.4) is 0 Å². The van der Waals surface area contributed by atoms with Crippen LogP contribution in [-0.2, 0) is 17.7 Å². The van der Waals surface area contributed by atoms with Crippen LogP contribution in [0, 0.1) is 0 Å². The Bertz CT molecular complexity index is 4790. The summed E-state index contributed by atoms with van der Waals surface area (Å²) >= 11 is 7.21. The van der Waals surface area contributed by atoms with Crippen molar-refractivity contribution in [2.45, 2.75) is 156 Å². The SMILES string of the molecule is CCCN(CCO[Si](c1ccccc1)(c1ccccc1)C(C)(C)C)c1ccc(/C=C/c2ccc(C=O)s2)c(OCCCCO[Si](c2ccccc2)(c2ccccc2)C(C)(C)C)c1.CCCN(CCO[Si](c1ccccc1)(c1ccccc1)C(C)(C)C)c1ccc(C=Cc2ccc(C=O)s2)c(OCCCCO[Si](c2ccccc2)(c2ccccc2)C(C)(C)C)c1.II. The fraction of sp³-hybridized carbons (Fsp3) is 0.315. The Morgan fingerprint density at radius 1 is 0.286 bits per heavy atom. The van der Waals surface area contributed by atoms with Crippen LogP contribution in [-0.4, -0.2) is 112 Å². The maximum atomic E-state index is 11.4. The average Bonchev–Trinajstić information content (AvgIpc) is 0.832. The highest BCUT2D eigenvalue weighted by Gasteiger charge is 2.54. The Morgan fingerprint density at radius 2 is 0.516 bits per heavy atom. The largest absolute Gasteiger partial charge is 0.493 e. The molecule has 18 heteroatoms. The standard InChI is InChI=1S/2C54H65NO4SSi2.I2/c2*1-8-37-55(38-41-59-62(54(5,6)7,50-27-17-11-18-28-50)51-29-19-12-20-30-51)45-33-31-44(32-34-46-35-36-47(43-56)60-46)52(42-45)57-39-21-22-40-58-61(53(2,3)4,48-23-13-9-14-24-48)49-25-15-10-16-26-49;1-2/h2*9-20,23-36,42-43H,8,21-22,37-41H2,1-7H3;/b34-32+;;. The van der Waals surface area contributed by atoms with Crippen molar-refractivity contribution in [2.24, 2.45) is 0 Å². The number of benzene rings is 10. The fourth-order valence-corrected chi connectivity index (χ4v) is 37.3. The van der Waals surface area contributed by atoms with Gasteiger partial charge in [0.05, 0.1) is 36.2 Å². The van der Waals surface area contributed by atoms with Gasteiger partial charge in [0.2, 0.25) is 0 Å². The highest BCUT2D eigenvalue weighted by Crippen LogP contribution is 2.42. The number of halogens is 2. The van der Waals surface area contributed by atoms with Gasteiger partial charge in [-0.15, -0.1) is 22.7 Å². The van der Waals surface area contributed by atoms with E-state index in [-0.39, 0.29) is 20.2 Å². The van der Waals surface area contributed by atoms with Crippen molar-refractivity contribution in [1.82, 2.24) is 0 Å². The Morgan fingerprint density at radius 3 is 0.738 bits per heavy atom. The number of hydrogen-bond acceptors (Lipinski definition) is 12. The molecule has 2 aromatic heterocycles. The molecule has 0 fully saturated rings. The van der Waals surface area contributed by atoms with E-state index in [1.54, 1.807) is 0 Å². The molecule has 10 aromatic carbocycles. The molecule has 0 spiro atoms. The van der Waals surface area contributed by atoms with Gasteiger partial charge in [-0.3, -0.25) is 9.59 Å². The number of unbranched alkanes of at least 4 members (excludes halogenated alkanes) is 2. The topological polar surface area (TPSA) is 96.0 Å². The maximum Gasteiger partial charge on any atom is 0.261 e. The second kappa shape index (κ2) is 48.4. The molecule has 0 saturated carbocycles. The van der Waals surface area contributed by atoms with Gasteiger partial charge in [0.1, 0.15) is 11.5 Å². The number of thiophene rings is 2. The average molecular weight is 2010 g/mol. The van der Waals surface area contributed by atoms with Gasteiger partial charge in [-0.1, -0.05) is 340 Å². The first kappa shape index (κ1) is 99.9. The van der Waals surface area contributed by atoms with Crippen molar-refractivity contribution >= 4 is 183 Å². The van der Waals surface area contributed by atoms with Crippen LogP contribution in [0.1, 0.15) is 176 Å². The molecule has 0 aliphatic carbocycles. The minimum atomic E-state index is -2.68. The number of ether oxygens (including phenoxy) is 2. The quantitative estimate of drug-likeness (QED) is 0.0159. The van der Waals surface area contributed by atoms with Crippen LogP contribution in [0.5, 0.6) is 11.5 Å². The first-order valence-corrected chi connectivity index (χ1v) is 60.0. The molecule has 126 heavy (non-hydrogen) atoms. The van der Waals surface area contributed by atoms with Crippen molar-refractivity contribution in [2.75, 3.05) is 75.6 Å². The molecular formula is C108H130I2N2O8S2Si4. The minimum absolute atomic E-state index is 0.0716. The van der Waals surface area contributed by atoms with Gasteiger partial charge in [-0.05, 0) is 173 Å². The maximum absolute atomic E-state index is 11.4.